The number of hydrogen-bond donors (Lipinski definition) is 1. The summed E-state index contributed by atoms with van der Waals surface area (Å²) >= 11 is 0. The summed E-state index contributed by atoms with van der Waals surface area (Å²) in [6.45, 7) is 3.79. The van der Waals surface area contributed by atoms with Crippen LogP contribution >= 0.6 is 0 Å². The maximum atomic E-state index is 6.10. The van der Waals surface area contributed by atoms with Crippen molar-refractivity contribution in [3.63, 3.8) is 0 Å². The van der Waals surface area contributed by atoms with Gasteiger partial charge in [0.15, 0.2) is 11.7 Å². The summed E-state index contributed by atoms with van der Waals surface area (Å²) in [6.07, 6.45) is 1.75. The van der Waals surface area contributed by atoms with Gasteiger partial charge < -0.3 is 10.2 Å². The first-order valence-corrected chi connectivity index (χ1v) is 8.34. The number of anilines is 1. The Morgan fingerprint density at radius 3 is 2.54 bits per heavy atom. The third kappa shape index (κ3) is 2.95. The fraction of sp³-hybridized carbons (Fsp3) is 0.0952. The van der Waals surface area contributed by atoms with Crippen LogP contribution in [0.1, 0.15) is 11.6 Å². The van der Waals surface area contributed by atoms with Crippen molar-refractivity contribution < 1.29 is 4.42 Å². The Morgan fingerprint density at radius 1 is 0.885 bits per heavy atom. The van der Waals surface area contributed by atoms with Crippen molar-refractivity contribution in [3.05, 3.63) is 72.4 Å². The quantitative estimate of drug-likeness (QED) is 0.548. The van der Waals surface area contributed by atoms with Gasteiger partial charge in [0.1, 0.15) is 5.69 Å². The number of para-hydroxylation sites is 1. The third-order valence-corrected chi connectivity index (χ3v) is 4.12. The molecule has 0 amide bonds. The molecular weight excluding hydrogens is 324 g/mol. The van der Waals surface area contributed by atoms with E-state index in [4.69, 9.17) is 10.2 Å². The third-order valence-electron chi connectivity index (χ3n) is 4.12. The van der Waals surface area contributed by atoms with Crippen molar-refractivity contribution in [1.29, 1.82) is 0 Å². The summed E-state index contributed by atoms with van der Waals surface area (Å²) in [6, 6.07) is 17.4. The summed E-state index contributed by atoms with van der Waals surface area (Å²) in [7, 11) is 0. The van der Waals surface area contributed by atoms with Crippen LogP contribution in [0.25, 0.3) is 34.0 Å². The van der Waals surface area contributed by atoms with Gasteiger partial charge >= 0.3 is 0 Å². The normalized spacial score (nSPS) is 10.8. The van der Waals surface area contributed by atoms with Crippen LogP contribution in [0.5, 0.6) is 0 Å². The van der Waals surface area contributed by atoms with E-state index in [-0.39, 0.29) is 0 Å². The molecule has 0 bridgehead atoms. The average Bonchev–Trinajstić information content (AvgIpc) is 3.04. The van der Waals surface area contributed by atoms with Crippen LogP contribution < -0.4 is 5.73 Å². The molecule has 0 saturated heterocycles. The predicted molar refractivity (Wildman–Crippen MR) is 102 cm³/mol. The van der Waals surface area contributed by atoms with E-state index in [1.54, 1.807) is 6.20 Å². The van der Waals surface area contributed by atoms with Crippen LogP contribution in [-0.4, -0.2) is 15.0 Å². The van der Waals surface area contributed by atoms with Crippen LogP contribution in [-0.2, 0) is 0 Å². The molecule has 2 N–H and O–H groups in total. The van der Waals surface area contributed by atoms with E-state index in [1.807, 2.05) is 68.4 Å². The Kier molecular flexibility index (Phi) is 3.97. The van der Waals surface area contributed by atoms with E-state index >= 15 is 0 Å². The van der Waals surface area contributed by atoms with Gasteiger partial charge in [-0.15, -0.1) is 0 Å². The fourth-order valence-corrected chi connectivity index (χ4v) is 2.92. The second-order valence-corrected chi connectivity index (χ2v) is 6.09. The van der Waals surface area contributed by atoms with Crippen molar-refractivity contribution in [2.75, 3.05) is 5.73 Å². The molecule has 0 aliphatic carbocycles. The molecule has 0 fully saturated rings. The molecule has 5 heteroatoms. The highest BCUT2D eigenvalue weighted by Gasteiger charge is 2.17. The largest absolute Gasteiger partial charge is 0.440 e. The topological polar surface area (TPSA) is 77.8 Å². The van der Waals surface area contributed by atoms with E-state index < -0.39 is 0 Å². The van der Waals surface area contributed by atoms with Gasteiger partial charge in [0, 0.05) is 35.6 Å². The monoisotopic (exact) mass is 342 g/mol. The lowest BCUT2D eigenvalue weighted by molar-refractivity contribution is 0.534. The highest BCUT2D eigenvalue weighted by Crippen LogP contribution is 2.34. The lowest BCUT2D eigenvalue weighted by Crippen LogP contribution is -1.92. The Morgan fingerprint density at radius 2 is 1.73 bits per heavy atom. The summed E-state index contributed by atoms with van der Waals surface area (Å²) in [4.78, 5) is 13.6. The van der Waals surface area contributed by atoms with E-state index in [0.29, 0.717) is 17.3 Å². The number of aromatic nitrogens is 3. The van der Waals surface area contributed by atoms with Gasteiger partial charge in [-0.1, -0.05) is 24.3 Å². The standard InChI is InChI=1S/C21H18N4O/c1-13-6-5-9-18(24-13)20-21(26-14(2)25-20)15-10-11-23-19(12-15)16-7-3-4-8-17(16)22/h3-12H,22H2,1-2H3. The molecule has 0 saturated carbocycles. The molecular formula is C21H18N4O. The van der Waals surface area contributed by atoms with Crippen molar-refractivity contribution in [3.8, 4) is 34.0 Å². The number of oxazole rings is 1. The van der Waals surface area contributed by atoms with Crippen molar-refractivity contribution in [2.45, 2.75) is 13.8 Å². The number of rotatable bonds is 3. The molecule has 4 rings (SSSR count). The Labute approximate surface area is 151 Å². The molecule has 26 heavy (non-hydrogen) atoms. The van der Waals surface area contributed by atoms with Crippen LogP contribution in [0.3, 0.4) is 0 Å². The minimum Gasteiger partial charge on any atom is -0.440 e. The first-order valence-electron chi connectivity index (χ1n) is 8.34. The van der Waals surface area contributed by atoms with Gasteiger partial charge in [0.05, 0.1) is 11.4 Å². The van der Waals surface area contributed by atoms with E-state index in [0.717, 1.165) is 33.9 Å². The Hall–Kier alpha value is -3.47. The maximum absolute atomic E-state index is 6.10. The molecule has 0 radical (unpaired) electrons. The summed E-state index contributed by atoms with van der Waals surface area (Å²) in [5.74, 6) is 1.27. The van der Waals surface area contributed by atoms with Crippen molar-refractivity contribution in [2.24, 2.45) is 0 Å². The zero-order valence-corrected chi connectivity index (χ0v) is 14.6. The molecule has 0 aliphatic rings. The van der Waals surface area contributed by atoms with Crippen LogP contribution in [0, 0.1) is 13.8 Å². The zero-order chi connectivity index (χ0) is 18.1. The van der Waals surface area contributed by atoms with Crippen LogP contribution in [0.4, 0.5) is 5.69 Å². The zero-order valence-electron chi connectivity index (χ0n) is 14.6. The van der Waals surface area contributed by atoms with Gasteiger partial charge in [-0.25, -0.2) is 4.98 Å². The van der Waals surface area contributed by atoms with Crippen LogP contribution in [0.2, 0.25) is 0 Å². The number of nitrogens with two attached hydrogens (primary N) is 1. The van der Waals surface area contributed by atoms with Crippen molar-refractivity contribution >= 4 is 5.69 Å². The first kappa shape index (κ1) is 16.0. The Bertz CT molecular complexity index is 1080. The molecule has 5 nitrogen and oxygen atoms in total. The predicted octanol–water partition coefficient (Wildman–Crippen LogP) is 4.66. The number of hydrogen-bond acceptors (Lipinski definition) is 5. The molecule has 0 spiro atoms. The maximum Gasteiger partial charge on any atom is 0.192 e. The summed E-state index contributed by atoms with van der Waals surface area (Å²) < 4.78 is 5.91. The number of benzene rings is 1. The molecule has 0 unspecified atom stereocenters. The first-order chi connectivity index (χ1) is 12.6. The fourth-order valence-electron chi connectivity index (χ4n) is 2.92. The minimum atomic E-state index is 0.593. The smallest absolute Gasteiger partial charge is 0.192 e. The second-order valence-electron chi connectivity index (χ2n) is 6.09. The number of aryl methyl sites for hydroxylation is 2. The Balaban J connectivity index is 1.85. The molecule has 3 heterocycles. The summed E-state index contributed by atoms with van der Waals surface area (Å²) in [5.41, 5.74) is 11.8. The van der Waals surface area contributed by atoms with Crippen LogP contribution in [0.15, 0.2) is 65.2 Å². The second kappa shape index (κ2) is 6.44. The summed E-state index contributed by atoms with van der Waals surface area (Å²) in [5, 5.41) is 0. The SMILES string of the molecule is Cc1cccc(-c2nc(C)oc2-c2ccnc(-c3ccccc3N)c2)n1. The number of pyridine rings is 2. The number of nitrogens with zero attached hydrogens (tertiary/aromatic N) is 3. The molecule has 1 aromatic carbocycles. The van der Waals surface area contributed by atoms with E-state index in [1.165, 1.54) is 0 Å². The minimum absolute atomic E-state index is 0.593. The molecule has 128 valence electrons. The molecule has 4 aromatic rings. The number of nitrogen functional groups attached to an aromatic ring is 1. The van der Waals surface area contributed by atoms with E-state index in [2.05, 4.69) is 15.0 Å². The average molecular weight is 342 g/mol. The molecule has 3 aromatic heterocycles. The highest BCUT2D eigenvalue weighted by molar-refractivity contribution is 5.80. The van der Waals surface area contributed by atoms with Crippen molar-refractivity contribution in [1.82, 2.24) is 15.0 Å². The highest BCUT2D eigenvalue weighted by atomic mass is 16.4. The van der Waals surface area contributed by atoms with E-state index in [9.17, 15) is 0 Å². The lowest BCUT2D eigenvalue weighted by Gasteiger charge is -2.07. The van der Waals surface area contributed by atoms with Gasteiger partial charge in [-0.05, 0) is 37.3 Å². The van der Waals surface area contributed by atoms with Gasteiger partial charge in [-0.3, -0.25) is 9.97 Å². The lowest BCUT2D eigenvalue weighted by atomic mass is 10.0. The van der Waals surface area contributed by atoms with Gasteiger partial charge in [0.2, 0.25) is 0 Å². The van der Waals surface area contributed by atoms with Gasteiger partial charge in [0.25, 0.3) is 0 Å². The molecule has 0 aliphatic heterocycles. The molecule has 0 atom stereocenters. The van der Waals surface area contributed by atoms with Gasteiger partial charge in [-0.2, -0.15) is 0 Å².